The van der Waals surface area contributed by atoms with Gasteiger partial charge in [-0.2, -0.15) is 13.2 Å². The third kappa shape index (κ3) is 5.43. The Morgan fingerprint density at radius 1 is 1.20 bits per heavy atom. The zero-order valence-corrected chi connectivity index (χ0v) is 16.3. The zero-order chi connectivity index (χ0) is 21.7. The first-order chi connectivity index (χ1) is 14.2. The van der Waals surface area contributed by atoms with Crippen molar-refractivity contribution in [2.75, 3.05) is 30.0 Å². The Hall–Kier alpha value is -3.23. The highest BCUT2D eigenvalue weighted by atomic mass is 19.4. The molecule has 30 heavy (non-hydrogen) atoms. The number of halogens is 3. The molecule has 0 aliphatic carbocycles. The molecule has 0 saturated heterocycles. The minimum absolute atomic E-state index is 0.0674. The molecule has 0 aromatic heterocycles. The highest BCUT2D eigenvalue weighted by Gasteiger charge is 2.39. The van der Waals surface area contributed by atoms with Crippen LogP contribution in [0.15, 0.2) is 42.5 Å². The molecule has 2 aromatic rings. The van der Waals surface area contributed by atoms with Crippen LogP contribution >= 0.6 is 0 Å². The lowest BCUT2D eigenvalue weighted by molar-refractivity contribution is -0.167. The van der Waals surface area contributed by atoms with Crippen molar-refractivity contribution in [2.45, 2.75) is 25.9 Å². The third-order valence-electron chi connectivity index (χ3n) is 4.45. The van der Waals surface area contributed by atoms with E-state index < -0.39 is 12.1 Å². The van der Waals surface area contributed by atoms with E-state index in [0.717, 1.165) is 11.3 Å². The fourth-order valence-corrected chi connectivity index (χ4v) is 2.99. The second-order valence-corrected chi connectivity index (χ2v) is 6.84. The molecule has 6 nitrogen and oxygen atoms in total. The van der Waals surface area contributed by atoms with E-state index in [1.54, 1.807) is 5.32 Å². The van der Waals surface area contributed by atoms with Gasteiger partial charge >= 0.3 is 12.1 Å². The molecule has 0 atom stereocenters. The first kappa shape index (κ1) is 21.5. The maximum Gasteiger partial charge on any atom is 0.471 e. The maximum atomic E-state index is 12.5. The van der Waals surface area contributed by atoms with Gasteiger partial charge in [-0.15, -0.1) is 0 Å². The number of carbonyl (C=O) groups is 2. The van der Waals surface area contributed by atoms with Crippen LogP contribution in [-0.4, -0.2) is 37.7 Å². The molecular formula is C21H21F3N2O4. The zero-order valence-electron chi connectivity index (χ0n) is 16.3. The average Bonchev–Trinajstić information content (AvgIpc) is 2.68. The van der Waals surface area contributed by atoms with Crippen molar-refractivity contribution in [3.8, 4) is 11.5 Å². The van der Waals surface area contributed by atoms with Crippen molar-refractivity contribution in [3.05, 3.63) is 48.0 Å². The number of rotatable bonds is 7. The summed E-state index contributed by atoms with van der Waals surface area (Å²) in [5.74, 6) is -1.24. The molecule has 1 N–H and O–H groups in total. The number of amides is 2. The molecule has 2 amide bonds. The smallest absolute Gasteiger partial charge is 0.471 e. The molecule has 0 saturated carbocycles. The number of unbranched alkanes of at least 4 members (excludes halogenated alkanes) is 1. The van der Waals surface area contributed by atoms with Crippen molar-refractivity contribution < 1.29 is 32.2 Å². The summed E-state index contributed by atoms with van der Waals surface area (Å²) in [6, 6.07) is 11.7. The molecule has 0 fully saturated rings. The quantitative estimate of drug-likeness (QED) is 0.683. The van der Waals surface area contributed by atoms with Gasteiger partial charge in [0.25, 0.3) is 5.91 Å². The maximum absolute atomic E-state index is 12.5. The van der Waals surface area contributed by atoms with Crippen LogP contribution in [-0.2, 0) is 9.59 Å². The van der Waals surface area contributed by atoms with Crippen LogP contribution in [0.3, 0.4) is 0 Å². The second kappa shape index (κ2) is 9.06. The number of alkyl halides is 3. The van der Waals surface area contributed by atoms with Gasteiger partial charge in [-0.25, -0.2) is 0 Å². The highest BCUT2D eigenvalue weighted by Crippen LogP contribution is 2.35. The molecule has 2 aromatic carbocycles. The van der Waals surface area contributed by atoms with Crippen LogP contribution < -0.4 is 19.7 Å². The van der Waals surface area contributed by atoms with E-state index in [1.807, 2.05) is 31.2 Å². The van der Waals surface area contributed by atoms with Gasteiger partial charge in [-0.1, -0.05) is 12.1 Å². The Labute approximate surface area is 171 Å². The van der Waals surface area contributed by atoms with E-state index >= 15 is 0 Å². The molecule has 0 bridgehead atoms. The van der Waals surface area contributed by atoms with E-state index in [4.69, 9.17) is 9.47 Å². The van der Waals surface area contributed by atoms with Gasteiger partial charge in [0.1, 0.15) is 11.5 Å². The SMILES string of the molecule is Cc1cccc(OCCCCN2C(=O)COc3ccc(NC(=O)C(F)(F)F)cc32)c1. The van der Waals surface area contributed by atoms with Gasteiger partial charge in [-0.3, -0.25) is 9.59 Å². The summed E-state index contributed by atoms with van der Waals surface area (Å²) in [6.45, 7) is 2.64. The number of benzene rings is 2. The molecule has 160 valence electrons. The van der Waals surface area contributed by atoms with E-state index in [9.17, 15) is 22.8 Å². The largest absolute Gasteiger partial charge is 0.494 e. The summed E-state index contributed by atoms with van der Waals surface area (Å²) in [7, 11) is 0. The van der Waals surface area contributed by atoms with Gasteiger partial charge in [0.15, 0.2) is 6.61 Å². The summed E-state index contributed by atoms with van der Waals surface area (Å²) in [4.78, 5) is 24.9. The third-order valence-corrected chi connectivity index (χ3v) is 4.45. The summed E-state index contributed by atoms with van der Waals surface area (Å²) < 4.78 is 48.5. The Morgan fingerprint density at radius 3 is 2.73 bits per heavy atom. The molecule has 1 aliphatic heterocycles. The lowest BCUT2D eigenvalue weighted by Gasteiger charge is -2.30. The monoisotopic (exact) mass is 422 g/mol. The first-order valence-electron chi connectivity index (χ1n) is 9.39. The molecule has 0 radical (unpaired) electrons. The molecule has 1 heterocycles. The van der Waals surface area contributed by atoms with Crippen LogP contribution in [0, 0.1) is 6.92 Å². The number of nitrogens with zero attached hydrogens (tertiary/aromatic N) is 1. The van der Waals surface area contributed by atoms with Crippen LogP contribution in [0.1, 0.15) is 18.4 Å². The predicted molar refractivity (Wildman–Crippen MR) is 105 cm³/mol. The Balaban J connectivity index is 1.59. The van der Waals surface area contributed by atoms with Crippen LogP contribution in [0.25, 0.3) is 0 Å². The summed E-state index contributed by atoms with van der Waals surface area (Å²) in [5.41, 5.74) is 1.35. The van der Waals surface area contributed by atoms with E-state index in [1.165, 1.54) is 23.1 Å². The topological polar surface area (TPSA) is 67.9 Å². The van der Waals surface area contributed by atoms with Gasteiger partial charge in [0.2, 0.25) is 0 Å². The van der Waals surface area contributed by atoms with Crippen molar-refractivity contribution >= 4 is 23.2 Å². The molecule has 0 unspecified atom stereocenters. The van der Waals surface area contributed by atoms with Crippen LogP contribution in [0.2, 0.25) is 0 Å². The first-order valence-corrected chi connectivity index (χ1v) is 9.39. The van der Waals surface area contributed by atoms with Gasteiger partial charge in [-0.05, 0) is 55.7 Å². The Morgan fingerprint density at radius 2 is 2.00 bits per heavy atom. The number of ether oxygens (including phenoxy) is 2. The van der Waals surface area contributed by atoms with Gasteiger partial charge < -0.3 is 19.7 Å². The number of nitrogens with one attached hydrogen (secondary N) is 1. The van der Waals surface area contributed by atoms with Gasteiger partial charge in [0, 0.05) is 12.2 Å². The summed E-state index contributed by atoms with van der Waals surface area (Å²) in [5, 5.41) is 1.79. The standard InChI is InChI=1S/C21H21F3N2O4/c1-14-5-4-6-16(11-14)29-10-3-2-9-26-17-12-15(25-20(28)21(22,23)24)7-8-18(17)30-13-19(26)27/h4-8,11-12H,2-3,9-10,13H2,1H3,(H,25,28). The number of anilines is 2. The number of hydrogen-bond donors (Lipinski definition) is 1. The number of aryl methyl sites for hydroxylation is 1. The number of fused-ring (bicyclic) bond motifs is 1. The molecule has 0 spiro atoms. The van der Waals surface area contributed by atoms with Crippen LogP contribution in [0.4, 0.5) is 24.5 Å². The summed E-state index contributed by atoms with van der Waals surface area (Å²) >= 11 is 0. The molecule has 3 rings (SSSR count). The normalized spacial score (nSPS) is 13.5. The van der Waals surface area contributed by atoms with E-state index in [2.05, 4.69) is 0 Å². The Bertz CT molecular complexity index is 931. The lowest BCUT2D eigenvalue weighted by Crippen LogP contribution is -2.39. The summed E-state index contributed by atoms with van der Waals surface area (Å²) in [6.07, 6.45) is -3.70. The average molecular weight is 422 g/mol. The molecule has 1 aliphatic rings. The van der Waals surface area contributed by atoms with E-state index in [-0.39, 0.29) is 18.2 Å². The number of carbonyl (C=O) groups excluding carboxylic acids is 2. The molecule has 9 heteroatoms. The molecular weight excluding hydrogens is 401 g/mol. The van der Waals surface area contributed by atoms with Crippen molar-refractivity contribution in [2.24, 2.45) is 0 Å². The van der Waals surface area contributed by atoms with Crippen molar-refractivity contribution in [1.82, 2.24) is 0 Å². The minimum atomic E-state index is -5.00. The van der Waals surface area contributed by atoms with Crippen LogP contribution in [0.5, 0.6) is 11.5 Å². The fourth-order valence-electron chi connectivity index (χ4n) is 2.99. The lowest BCUT2D eigenvalue weighted by atomic mass is 10.2. The Kier molecular flexibility index (Phi) is 6.49. The van der Waals surface area contributed by atoms with Gasteiger partial charge in [0.05, 0.1) is 12.3 Å². The fraction of sp³-hybridized carbons (Fsp3) is 0.333. The second-order valence-electron chi connectivity index (χ2n) is 6.84. The highest BCUT2D eigenvalue weighted by molar-refractivity contribution is 6.00. The minimum Gasteiger partial charge on any atom is -0.494 e. The predicted octanol–water partition coefficient (Wildman–Crippen LogP) is 4.08. The van der Waals surface area contributed by atoms with Crippen molar-refractivity contribution in [1.29, 1.82) is 0 Å². The van der Waals surface area contributed by atoms with Crippen molar-refractivity contribution in [3.63, 3.8) is 0 Å². The van der Waals surface area contributed by atoms with E-state index in [0.29, 0.717) is 37.4 Å². The number of hydrogen-bond acceptors (Lipinski definition) is 4.